The molecule has 0 bridgehead atoms. The molecule has 1 heterocycles. The lowest BCUT2D eigenvalue weighted by Gasteiger charge is -2.19. The first-order valence-electron chi connectivity index (χ1n) is 5.59. The molecule has 6 heteroatoms. The quantitative estimate of drug-likeness (QED) is 0.672. The first kappa shape index (κ1) is 12.8. The molecule has 19 heavy (non-hydrogen) atoms. The number of hydrogen-bond donors (Lipinski definition) is 4. The highest BCUT2D eigenvalue weighted by atomic mass is 16.4. The molecule has 4 N–H and O–H groups in total. The minimum atomic E-state index is -1.06. The monoisotopic (exact) mass is 263 g/mol. The van der Waals surface area contributed by atoms with Gasteiger partial charge in [0, 0.05) is 12.1 Å². The maximum absolute atomic E-state index is 10.9. The third kappa shape index (κ3) is 2.62. The normalized spacial score (nSPS) is 12.2. The molecule has 0 aliphatic rings. The van der Waals surface area contributed by atoms with E-state index in [9.17, 15) is 20.1 Å². The van der Waals surface area contributed by atoms with Gasteiger partial charge in [0.05, 0.1) is 12.5 Å². The lowest BCUT2D eigenvalue weighted by Crippen LogP contribution is -2.14. The summed E-state index contributed by atoms with van der Waals surface area (Å²) in [5.41, 5.74) is 0.557. The molecule has 1 aromatic heterocycles. The molecule has 2 aromatic rings. The first-order chi connectivity index (χ1) is 8.99. The van der Waals surface area contributed by atoms with Gasteiger partial charge in [-0.15, -0.1) is 0 Å². The second-order valence-electron chi connectivity index (χ2n) is 4.12. The highest BCUT2D eigenvalue weighted by molar-refractivity contribution is 5.68. The van der Waals surface area contributed by atoms with Gasteiger partial charge in [-0.05, 0) is 17.7 Å². The fraction of sp³-hybridized carbons (Fsp3) is 0.154. The number of hydrogen-bond acceptors (Lipinski definition) is 4. The molecule has 0 radical (unpaired) electrons. The summed E-state index contributed by atoms with van der Waals surface area (Å²) in [7, 11) is 0. The number of carboxylic acids is 1. The van der Waals surface area contributed by atoms with Crippen molar-refractivity contribution in [1.82, 2.24) is 4.57 Å². The Bertz CT molecular complexity index is 568. The van der Waals surface area contributed by atoms with E-state index in [1.807, 2.05) is 0 Å². The van der Waals surface area contributed by atoms with Gasteiger partial charge in [-0.3, -0.25) is 9.36 Å². The zero-order valence-electron chi connectivity index (χ0n) is 9.89. The van der Waals surface area contributed by atoms with Crippen molar-refractivity contribution in [3.05, 3.63) is 42.0 Å². The summed E-state index contributed by atoms with van der Waals surface area (Å²) >= 11 is 0. The molecule has 100 valence electrons. The average molecular weight is 263 g/mol. The van der Waals surface area contributed by atoms with Crippen LogP contribution in [-0.4, -0.2) is 31.0 Å². The predicted molar refractivity (Wildman–Crippen MR) is 66.3 cm³/mol. The largest absolute Gasteiger partial charge is 0.508 e. The Hall–Kier alpha value is -2.63. The van der Waals surface area contributed by atoms with E-state index in [1.165, 1.54) is 24.3 Å². The van der Waals surface area contributed by atoms with Gasteiger partial charge in [0.2, 0.25) is 0 Å². The Balaban J connectivity index is 2.47. The Morgan fingerprint density at radius 2 is 1.53 bits per heavy atom. The standard InChI is InChI=1S/C13H13NO5/c15-9-3-1-8(2-4-9)10(7-13(18)19)14-11(16)5-6-12(14)17/h1-6,10,15-17H,7H2,(H,18,19). The number of carbonyl (C=O) groups is 1. The van der Waals surface area contributed by atoms with Crippen LogP contribution in [0.25, 0.3) is 0 Å². The van der Waals surface area contributed by atoms with Crippen LogP contribution in [0.3, 0.4) is 0 Å². The highest BCUT2D eigenvalue weighted by Crippen LogP contribution is 2.33. The third-order valence-corrected chi connectivity index (χ3v) is 2.83. The minimum Gasteiger partial charge on any atom is -0.508 e. The molecule has 6 nitrogen and oxygen atoms in total. The number of nitrogens with zero attached hydrogens (tertiary/aromatic N) is 1. The van der Waals surface area contributed by atoms with Gasteiger partial charge < -0.3 is 20.4 Å². The number of phenols is 1. The lowest BCUT2D eigenvalue weighted by atomic mass is 10.0. The molecule has 2 rings (SSSR count). The van der Waals surface area contributed by atoms with Crippen LogP contribution in [0.4, 0.5) is 0 Å². The molecule has 0 saturated carbocycles. The molecule has 0 amide bonds. The van der Waals surface area contributed by atoms with Crippen LogP contribution in [0.5, 0.6) is 17.5 Å². The first-order valence-corrected chi connectivity index (χ1v) is 5.59. The molecule has 1 atom stereocenters. The van der Waals surface area contributed by atoms with E-state index >= 15 is 0 Å². The van der Waals surface area contributed by atoms with Crippen LogP contribution >= 0.6 is 0 Å². The van der Waals surface area contributed by atoms with Crippen LogP contribution in [-0.2, 0) is 4.79 Å². The lowest BCUT2D eigenvalue weighted by molar-refractivity contribution is -0.137. The van der Waals surface area contributed by atoms with Crippen molar-refractivity contribution in [2.45, 2.75) is 12.5 Å². The van der Waals surface area contributed by atoms with Crippen molar-refractivity contribution in [2.24, 2.45) is 0 Å². The minimum absolute atomic E-state index is 0.0544. The number of aromatic nitrogens is 1. The third-order valence-electron chi connectivity index (χ3n) is 2.83. The van der Waals surface area contributed by atoms with Crippen molar-refractivity contribution >= 4 is 5.97 Å². The van der Waals surface area contributed by atoms with Crippen molar-refractivity contribution in [3.63, 3.8) is 0 Å². The van der Waals surface area contributed by atoms with E-state index < -0.39 is 12.0 Å². The average Bonchev–Trinajstić information content (AvgIpc) is 2.67. The Kier molecular flexibility index (Phi) is 3.33. The summed E-state index contributed by atoms with van der Waals surface area (Å²) < 4.78 is 1.13. The van der Waals surface area contributed by atoms with Gasteiger partial charge in [-0.2, -0.15) is 0 Å². The maximum Gasteiger partial charge on any atom is 0.305 e. The van der Waals surface area contributed by atoms with Gasteiger partial charge in [0.1, 0.15) is 5.75 Å². The summed E-state index contributed by atoms with van der Waals surface area (Å²) in [5.74, 6) is -1.46. The summed E-state index contributed by atoms with van der Waals surface area (Å²) in [4.78, 5) is 10.9. The summed E-state index contributed by atoms with van der Waals surface area (Å²) in [6.07, 6.45) is -0.305. The van der Waals surface area contributed by atoms with Gasteiger partial charge in [-0.1, -0.05) is 12.1 Å². The van der Waals surface area contributed by atoms with E-state index in [0.29, 0.717) is 5.56 Å². The molecule has 0 spiro atoms. The van der Waals surface area contributed by atoms with Gasteiger partial charge >= 0.3 is 5.97 Å². The number of phenolic OH excluding ortho intramolecular Hbond substituents is 1. The highest BCUT2D eigenvalue weighted by Gasteiger charge is 2.22. The topological polar surface area (TPSA) is 103 Å². The van der Waals surface area contributed by atoms with Crippen LogP contribution in [0.15, 0.2) is 36.4 Å². The van der Waals surface area contributed by atoms with Crippen molar-refractivity contribution < 1.29 is 25.2 Å². The molecule has 1 aromatic carbocycles. The second-order valence-corrected chi connectivity index (χ2v) is 4.12. The van der Waals surface area contributed by atoms with E-state index in [4.69, 9.17) is 5.11 Å². The van der Waals surface area contributed by atoms with Crippen molar-refractivity contribution in [2.75, 3.05) is 0 Å². The number of aromatic hydroxyl groups is 3. The summed E-state index contributed by atoms with van der Waals surface area (Å²) in [5, 5.41) is 37.6. The van der Waals surface area contributed by atoms with Gasteiger partial charge in [0.15, 0.2) is 11.8 Å². The predicted octanol–water partition coefficient (Wildman–Crippen LogP) is 1.67. The molecule has 0 fully saturated rings. The van der Waals surface area contributed by atoms with Crippen LogP contribution in [0.2, 0.25) is 0 Å². The van der Waals surface area contributed by atoms with Crippen LogP contribution in [0.1, 0.15) is 18.0 Å². The van der Waals surface area contributed by atoms with Gasteiger partial charge in [0.25, 0.3) is 0 Å². The molecular formula is C13H13NO5. The van der Waals surface area contributed by atoms with Crippen LogP contribution in [0, 0.1) is 0 Å². The number of rotatable bonds is 4. The van der Waals surface area contributed by atoms with Crippen molar-refractivity contribution in [3.8, 4) is 17.5 Å². The number of benzene rings is 1. The molecular weight excluding hydrogens is 250 g/mol. The number of carboxylic acid groups (broad SMARTS) is 1. The zero-order chi connectivity index (χ0) is 14.0. The Morgan fingerprint density at radius 1 is 1.00 bits per heavy atom. The van der Waals surface area contributed by atoms with E-state index in [2.05, 4.69) is 0 Å². The Morgan fingerprint density at radius 3 is 2.00 bits per heavy atom. The summed E-state index contributed by atoms with van der Waals surface area (Å²) in [6, 6.07) is 7.73. The van der Waals surface area contributed by atoms with E-state index in [1.54, 1.807) is 12.1 Å². The second kappa shape index (κ2) is 4.93. The fourth-order valence-corrected chi connectivity index (χ4v) is 1.97. The zero-order valence-corrected chi connectivity index (χ0v) is 9.89. The van der Waals surface area contributed by atoms with Crippen LogP contribution < -0.4 is 0 Å². The van der Waals surface area contributed by atoms with Gasteiger partial charge in [-0.25, -0.2) is 0 Å². The fourth-order valence-electron chi connectivity index (χ4n) is 1.97. The molecule has 1 unspecified atom stereocenters. The summed E-state index contributed by atoms with van der Waals surface area (Å²) in [6.45, 7) is 0. The molecule has 0 saturated heterocycles. The van der Waals surface area contributed by atoms with E-state index in [-0.39, 0.29) is 23.9 Å². The maximum atomic E-state index is 10.9. The number of aliphatic carboxylic acids is 1. The van der Waals surface area contributed by atoms with E-state index in [0.717, 1.165) is 4.57 Å². The molecule has 0 aliphatic carbocycles. The van der Waals surface area contributed by atoms with Crippen molar-refractivity contribution in [1.29, 1.82) is 0 Å². The molecule has 0 aliphatic heterocycles. The Labute approximate surface area is 108 Å². The smallest absolute Gasteiger partial charge is 0.305 e. The SMILES string of the molecule is O=C(O)CC(c1ccc(O)cc1)n1c(O)ccc1O.